The normalized spacial score (nSPS) is 51.4. The van der Waals surface area contributed by atoms with E-state index in [-0.39, 0.29) is 24.5 Å². The first kappa shape index (κ1) is 27.8. The van der Waals surface area contributed by atoms with E-state index in [2.05, 4.69) is 92.3 Å². The average Bonchev–Trinajstić information content (AvgIpc) is 2.57. The second kappa shape index (κ2) is 8.12. The van der Waals surface area contributed by atoms with Crippen LogP contribution in [0.15, 0.2) is 0 Å². The van der Waals surface area contributed by atoms with E-state index in [1.807, 2.05) is 0 Å². The van der Waals surface area contributed by atoms with E-state index in [1.54, 1.807) is 0 Å². The van der Waals surface area contributed by atoms with Gasteiger partial charge in [0.15, 0.2) is 11.6 Å². The Morgan fingerprint density at radius 3 is 1.62 bits per heavy atom. The number of hydrogen-bond donors (Lipinski definition) is 0. The quantitative estimate of drug-likeness (QED) is 0.357. The first-order valence-corrected chi connectivity index (χ1v) is 16.2. The molecule has 5 fully saturated rings. The number of ether oxygens (including phenoxy) is 3. The summed E-state index contributed by atoms with van der Waals surface area (Å²) in [5.41, 5.74) is -0.544. The molecule has 3 nitrogen and oxygen atoms in total. The molecule has 0 N–H and O–H groups in total. The molecule has 1 aliphatic carbocycles. The maximum absolute atomic E-state index is 7.03. The molecule has 0 amide bonds. The van der Waals surface area contributed by atoms with Gasteiger partial charge in [-0.2, -0.15) is 0 Å². The van der Waals surface area contributed by atoms with Gasteiger partial charge in [0.25, 0.3) is 0 Å². The Hall–Kier alpha value is 0.740. The van der Waals surface area contributed by atoms with Crippen LogP contribution in [0.25, 0.3) is 0 Å². The highest BCUT2D eigenvalue weighted by Gasteiger charge is 2.79. The Kier molecular flexibility index (Phi) is 6.63. The van der Waals surface area contributed by atoms with Crippen molar-refractivity contribution >= 4 is 17.2 Å². The van der Waals surface area contributed by atoms with E-state index in [4.69, 9.17) is 14.2 Å². The Morgan fingerprint density at radius 1 is 0.765 bits per heavy atom. The van der Waals surface area contributed by atoms with Gasteiger partial charge in [-0.15, -0.1) is 9.24 Å². The zero-order valence-corrected chi connectivity index (χ0v) is 26.4. The lowest BCUT2D eigenvalue weighted by Gasteiger charge is -2.77. The Morgan fingerprint density at radius 2 is 1.21 bits per heavy atom. The molecule has 0 radical (unpaired) electrons. The van der Waals surface area contributed by atoms with Gasteiger partial charge in [-0.05, 0) is 86.8 Å². The van der Waals surface area contributed by atoms with E-state index in [0.29, 0.717) is 22.1 Å². The van der Waals surface area contributed by atoms with Gasteiger partial charge in [0.1, 0.15) is 0 Å². The smallest absolute Gasteiger partial charge is 0.172 e. The fourth-order valence-corrected chi connectivity index (χ4v) is 14.8. The van der Waals surface area contributed by atoms with Crippen LogP contribution in [0.1, 0.15) is 109 Å². The largest absolute Gasteiger partial charge is 0.343 e. The maximum Gasteiger partial charge on any atom is 0.172 e. The Balaban J connectivity index is 1.82. The summed E-state index contributed by atoms with van der Waals surface area (Å²) >= 11 is 0. The highest BCUT2D eigenvalue weighted by molar-refractivity contribution is 7.60. The van der Waals surface area contributed by atoms with Crippen LogP contribution in [-0.4, -0.2) is 45.4 Å². The standard InChI is InChI=1S/C29H54O3P2/c1-19-13-21(15-34(23(3,4)5)24(6,7)8)22(14-20(19)2)29(18-33)25(9)16-27(11)31-26(29,10)17-28(12,30-25)32-27/h19-22H,13-18,33H2,1-12H3/t19?,20?,21-,22-,25?,26?,27?,28?,29?/m1/s1. The molecule has 4 saturated heterocycles. The molecule has 4 heterocycles. The van der Waals surface area contributed by atoms with Crippen molar-refractivity contribution in [1.82, 2.24) is 0 Å². The molecule has 5 rings (SSSR count). The van der Waals surface area contributed by atoms with E-state index >= 15 is 0 Å². The van der Waals surface area contributed by atoms with Crippen molar-refractivity contribution in [2.75, 3.05) is 12.3 Å². The molecule has 0 aromatic carbocycles. The molecule has 0 spiro atoms. The number of hydrogen-bond acceptors (Lipinski definition) is 3. The monoisotopic (exact) mass is 512 g/mol. The molecule has 5 heteroatoms. The molecular weight excluding hydrogens is 458 g/mol. The zero-order valence-electron chi connectivity index (χ0n) is 24.3. The van der Waals surface area contributed by atoms with Crippen molar-refractivity contribution in [3.8, 4) is 0 Å². The van der Waals surface area contributed by atoms with Crippen molar-refractivity contribution in [3.05, 3.63) is 0 Å². The summed E-state index contributed by atoms with van der Waals surface area (Å²) in [7, 11) is 3.02. The predicted octanol–water partition coefficient (Wildman–Crippen LogP) is 8.05. The molecule has 198 valence electrons. The summed E-state index contributed by atoms with van der Waals surface area (Å²) in [6.45, 7) is 29.0. The number of rotatable bonds is 4. The first-order chi connectivity index (χ1) is 15.2. The predicted molar refractivity (Wildman–Crippen MR) is 149 cm³/mol. The van der Waals surface area contributed by atoms with Crippen LogP contribution in [0.4, 0.5) is 0 Å². The molecule has 4 aliphatic heterocycles. The summed E-state index contributed by atoms with van der Waals surface area (Å²) in [6.07, 6.45) is 6.63. The molecule has 34 heavy (non-hydrogen) atoms. The molecule has 7 unspecified atom stereocenters. The van der Waals surface area contributed by atoms with Gasteiger partial charge in [0.2, 0.25) is 0 Å². The van der Waals surface area contributed by atoms with E-state index in [9.17, 15) is 0 Å². The SMILES string of the molecule is CC1C[C@H](CP(C(C)(C)C)C(C)(C)C)[C@H](C2(CP)C3(C)CC4(C)OC(C)(CC2(C)O4)O3)CC1C. The third kappa shape index (κ3) is 4.10. The minimum absolute atomic E-state index is 0.0384. The van der Waals surface area contributed by atoms with Crippen LogP contribution in [-0.2, 0) is 14.2 Å². The minimum atomic E-state index is -0.551. The van der Waals surface area contributed by atoms with Gasteiger partial charge in [-0.1, -0.05) is 63.3 Å². The van der Waals surface area contributed by atoms with E-state index in [0.717, 1.165) is 30.8 Å². The molecule has 0 aromatic rings. The van der Waals surface area contributed by atoms with Gasteiger partial charge >= 0.3 is 0 Å². The van der Waals surface area contributed by atoms with Gasteiger partial charge in [0.05, 0.1) is 11.2 Å². The minimum Gasteiger partial charge on any atom is -0.343 e. The van der Waals surface area contributed by atoms with Crippen molar-refractivity contribution in [3.63, 3.8) is 0 Å². The second-order valence-electron chi connectivity index (χ2n) is 15.3. The molecular formula is C29H54O3P2. The lowest BCUT2D eigenvalue weighted by molar-refractivity contribution is -0.549. The van der Waals surface area contributed by atoms with Crippen LogP contribution in [0.5, 0.6) is 0 Å². The van der Waals surface area contributed by atoms with Crippen LogP contribution in [0.2, 0.25) is 0 Å². The summed E-state index contributed by atoms with van der Waals surface area (Å²) in [4.78, 5) is 0. The lowest BCUT2D eigenvalue weighted by atomic mass is 9.45. The second-order valence-corrected chi connectivity index (χ2v) is 19.6. The highest BCUT2D eigenvalue weighted by atomic mass is 31.1. The van der Waals surface area contributed by atoms with Crippen LogP contribution >= 0.6 is 17.2 Å². The van der Waals surface area contributed by atoms with Crippen LogP contribution < -0.4 is 0 Å². The molecule has 5 aliphatic rings. The molecule has 1 saturated carbocycles. The summed E-state index contributed by atoms with van der Waals surface area (Å²) in [5.74, 6) is 1.70. The third-order valence-corrected chi connectivity index (χ3v) is 15.1. The maximum atomic E-state index is 7.03. The summed E-state index contributed by atoms with van der Waals surface area (Å²) in [5, 5.41) is 0.691. The fourth-order valence-electron chi connectivity index (χ4n) is 9.61. The zero-order chi connectivity index (χ0) is 25.8. The van der Waals surface area contributed by atoms with Crippen molar-refractivity contribution in [1.29, 1.82) is 0 Å². The van der Waals surface area contributed by atoms with Crippen LogP contribution in [0, 0.1) is 29.1 Å². The van der Waals surface area contributed by atoms with Gasteiger partial charge < -0.3 is 14.2 Å². The van der Waals surface area contributed by atoms with Crippen LogP contribution in [0.3, 0.4) is 0 Å². The van der Waals surface area contributed by atoms with Crippen molar-refractivity contribution in [2.45, 2.75) is 142 Å². The summed E-state index contributed by atoms with van der Waals surface area (Å²) < 4.78 is 20.5. The Bertz CT molecular complexity index is 738. The Labute approximate surface area is 214 Å². The topological polar surface area (TPSA) is 27.7 Å². The van der Waals surface area contributed by atoms with Crippen molar-refractivity contribution in [2.24, 2.45) is 29.1 Å². The summed E-state index contributed by atoms with van der Waals surface area (Å²) in [6, 6.07) is 0. The fraction of sp³-hybridized carbons (Fsp3) is 1.00. The molecule has 9 atom stereocenters. The van der Waals surface area contributed by atoms with E-state index in [1.165, 1.54) is 19.0 Å². The highest BCUT2D eigenvalue weighted by Crippen LogP contribution is 2.73. The lowest BCUT2D eigenvalue weighted by Crippen LogP contribution is -2.84. The first-order valence-electron chi connectivity index (χ1n) is 13.8. The molecule has 0 aromatic heterocycles. The van der Waals surface area contributed by atoms with E-state index < -0.39 is 11.6 Å². The van der Waals surface area contributed by atoms with Crippen molar-refractivity contribution < 1.29 is 14.2 Å². The van der Waals surface area contributed by atoms with Gasteiger partial charge in [-0.3, -0.25) is 0 Å². The molecule has 4 bridgehead atoms. The third-order valence-electron chi connectivity index (χ3n) is 10.4. The van der Waals surface area contributed by atoms with Gasteiger partial charge in [-0.25, -0.2) is 0 Å². The van der Waals surface area contributed by atoms with Gasteiger partial charge in [0, 0.05) is 18.3 Å². The average molecular weight is 513 g/mol.